The molecule has 0 saturated heterocycles. The van der Waals surface area contributed by atoms with Crippen molar-refractivity contribution in [3.63, 3.8) is 0 Å². The van der Waals surface area contributed by atoms with Gasteiger partial charge < -0.3 is 7.43 Å². The summed E-state index contributed by atoms with van der Waals surface area (Å²) in [5, 5.41) is 3.53. The Balaban J connectivity index is 0.00000137. The Morgan fingerprint density at radius 2 is 1.12 bits per heavy atom. The van der Waals surface area contributed by atoms with Crippen molar-refractivity contribution < 1.29 is 20.1 Å². The summed E-state index contributed by atoms with van der Waals surface area (Å²) in [7, 11) is 0. The van der Waals surface area contributed by atoms with Crippen molar-refractivity contribution >= 4 is 21.7 Å². The quantitative estimate of drug-likeness (QED) is 0.182. The molecule has 1 radical (unpaired) electrons. The van der Waals surface area contributed by atoms with E-state index in [9.17, 15) is 0 Å². The number of rotatable bonds is 3. The number of aromatic nitrogens is 1. The maximum absolute atomic E-state index is 5.18. The van der Waals surface area contributed by atoms with Crippen LogP contribution in [0.1, 0.15) is 0 Å². The molecule has 0 amide bonds. The first-order valence-electron chi connectivity index (χ1n) is 10.8. The number of benzene rings is 5. The number of pyridine rings is 1. The Bertz CT molecular complexity index is 1560. The van der Waals surface area contributed by atoms with E-state index in [0.717, 1.165) is 33.3 Å². The number of nitrogens with zero attached hydrogens (tertiary/aromatic N) is 1. The molecule has 0 spiro atoms. The van der Waals surface area contributed by atoms with Crippen LogP contribution in [0.25, 0.3) is 55.2 Å². The normalized spacial score (nSPS) is 10.5. The number of hydrogen-bond donors (Lipinski definition) is 0. The van der Waals surface area contributed by atoms with Crippen molar-refractivity contribution in [3.05, 3.63) is 135 Å². The van der Waals surface area contributed by atoms with Crippen LogP contribution in [0, 0.1) is 13.5 Å². The summed E-state index contributed by atoms with van der Waals surface area (Å²) in [6.07, 6.45) is 0. The van der Waals surface area contributed by atoms with Crippen LogP contribution < -0.4 is 0 Å². The Morgan fingerprint density at radius 1 is 0.559 bits per heavy atom. The Kier molecular flexibility index (Phi) is 7.03. The predicted molar refractivity (Wildman–Crippen MR) is 141 cm³/mol. The minimum atomic E-state index is 0. The summed E-state index contributed by atoms with van der Waals surface area (Å²) in [5.41, 5.74) is 7.64. The fourth-order valence-electron chi connectivity index (χ4n) is 4.46. The van der Waals surface area contributed by atoms with Crippen LogP contribution in [0.2, 0.25) is 0 Å². The van der Waals surface area contributed by atoms with Crippen molar-refractivity contribution in [1.82, 2.24) is 4.98 Å². The summed E-state index contributed by atoms with van der Waals surface area (Å²) in [4.78, 5) is 5.18. The van der Waals surface area contributed by atoms with Gasteiger partial charge in [-0.25, -0.2) is 0 Å². The third-order valence-corrected chi connectivity index (χ3v) is 5.95. The van der Waals surface area contributed by atoms with Crippen LogP contribution in [0.4, 0.5) is 0 Å². The summed E-state index contributed by atoms with van der Waals surface area (Å²) in [6, 6.07) is 45.8. The van der Waals surface area contributed by atoms with Crippen molar-refractivity contribution in [2.45, 2.75) is 0 Å². The van der Waals surface area contributed by atoms with Gasteiger partial charge in [-0.3, -0.25) is 4.98 Å². The first-order valence-corrected chi connectivity index (χ1v) is 10.8. The molecule has 0 aliphatic carbocycles. The van der Waals surface area contributed by atoms with Crippen LogP contribution in [0.15, 0.2) is 121 Å². The molecule has 0 fully saturated rings. The average molecular weight is 614 g/mol. The fourth-order valence-corrected chi connectivity index (χ4v) is 4.46. The van der Waals surface area contributed by atoms with Crippen LogP contribution in [-0.2, 0) is 20.1 Å². The van der Waals surface area contributed by atoms with Gasteiger partial charge in [0.2, 0.25) is 0 Å². The molecule has 6 aromatic rings. The standard InChI is InChI=1S/C31H20N.CH3.Ir/c1-3-12-23(13-4-1)29-27-17-9-10-18-28(27)32-31(30(29)24-14-5-2-6-15-24)26-20-19-22-11-7-8-16-25(22)21-26;;/h1-19,21H;1H3;/q2*-1;. The summed E-state index contributed by atoms with van der Waals surface area (Å²) >= 11 is 0. The van der Waals surface area contributed by atoms with Gasteiger partial charge in [0, 0.05) is 25.5 Å². The molecule has 0 saturated carbocycles. The Hall–Kier alpha value is -3.58. The van der Waals surface area contributed by atoms with Crippen molar-refractivity contribution in [2.75, 3.05) is 0 Å². The topological polar surface area (TPSA) is 12.9 Å². The van der Waals surface area contributed by atoms with Crippen molar-refractivity contribution in [3.8, 4) is 33.5 Å². The summed E-state index contributed by atoms with van der Waals surface area (Å²) in [6.45, 7) is 0. The molecule has 0 atom stereocenters. The van der Waals surface area contributed by atoms with Gasteiger partial charge in [-0.15, -0.1) is 29.1 Å². The molecule has 0 aliphatic heterocycles. The molecular formula is C32H23IrN-2. The van der Waals surface area contributed by atoms with Gasteiger partial charge in [0.1, 0.15) is 0 Å². The van der Waals surface area contributed by atoms with E-state index in [4.69, 9.17) is 4.98 Å². The van der Waals surface area contributed by atoms with Gasteiger partial charge in [0.15, 0.2) is 0 Å². The predicted octanol–water partition coefficient (Wildman–Crippen LogP) is 8.64. The number of fused-ring (bicyclic) bond motifs is 2. The minimum absolute atomic E-state index is 0. The zero-order valence-electron chi connectivity index (χ0n) is 18.8. The third kappa shape index (κ3) is 4.19. The SMILES string of the molecule is [CH3-].[Ir].[c-]1cc2ccccc2cc1-c1nc2ccccc2c(-c2ccccc2)c1-c1ccccc1. The monoisotopic (exact) mass is 614 g/mol. The van der Waals surface area contributed by atoms with Gasteiger partial charge in [-0.1, -0.05) is 109 Å². The summed E-state index contributed by atoms with van der Waals surface area (Å²) < 4.78 is 0. The molecule has 1 nitrogen and oxygen atoms in total. The van der Waals surface area contributed by atoms with E-state index in [0.29, 0.717) is 0 Å². The number of para-hydroxylation sites is 1. The van der Waals surface area contributed by atoms with E-state index in [-0.39, 0.29) is 27.5 Å². The van der Waals surface area contributed by atoms with E-state index in [1.54, 1.807) is 0 Å². The molecule has 2 heteroatoms. The van der Waals surface area contributed by atoms with Gasteiger partial charge in [0.25, 0.3) is 0 Å². The fraction of sp³-hybridized carbons (Fsp3) is 0. The molecule has 0 unspecified atom stereocenters. The van der Waals surface area contributed by atoms with Gasteiger partial charge in [0.05, 0.1) is 5.52 Å². The molecule has 0 aliphatic rings. The molecule has 1 heterocycles. The van der Waals surface area contributed by atoms with Gasteiger partial charge in [-0.05, 0) is 34.0 Å². The van der Waals surface area contributed by atoms with Gasteiger partial charge in [-0.2, -0.15) is 0 Å². The van der Waals surface area contributed by atoms with E-state index in [1.807, 2.05) is 0 Å². The first kappa shape index (κ1) is 23.6. The largest absolute Gasteiger partial charge is 0.358 e. The van der Waals surface area contributed by atoms with Crippen LogP contribution >= 0.6 is 0 Å². The van der Waals surface area contributed by atoms with Crippen LogP contribution in [0.3, 0.4) is 0 Å². The molecule has 5 aromatic carbocycles. The van der Waals surface area contributed by atoms with E-state index >= 15 is 0 Å². The number of hydrogen-bond acceptors (Lipinski definition) is 1. The smallest absolute Gasteiger partial charge is 0.0602 e. The van der Waals surface area contributed by atoms with Crippen LogP contribution in [0.5, 0.6) is 0 Å². The molecule has 167 valence electrons. The molecule has 1 aromatic heterocycles. The van der Waals surface area contributed by atoms with Gasteiger partial charge >= 0.3 is 0 Å². The Morgan fingerprint density at radius 3 is 1.82 bits per heavy atom. The summed E-state index contributed by atoms with van der Waals surface area (Å²) in [5.74, 6) is 0. The molecule has 0 bridgehead atoms. The minimum Gasteiger partial charge on any atom is -0.358 e. The third-order valence-electron chi connectivity index (χ3n) is 5.95. The zero-order chi connectivity index (χ0) is 21.3. The molecule has 6 rings (SSSR count). The first-order chi connectivity index (χ1) is 15.9. The van der Waals surface area contributed by atoms with Crippen molar-refractivity contribution in [2.24, 2.45) is 0 Å². The molecule has 0 N–H and O–H groups in total. The second-order valence-corrected chi connectivity index (χ2v) is 7.94. The maximum atomic E-state index is 5.18. The molecular weight excluding hydrogens is 591 g/mol. The van der Waals surface area contributed by atoms with E-state index < -0.39 is 0 Å². The van der Waals surface area contributed by atoms with E-state index in [1.165, 1.54) is 21.9 Å². The van der Waals surface area contributed by atoms with Crippen LogP contribution in [-0.4, -0.2) is 4.98 Å². The molecule has 34 heavy (non-hydrogen) atoms. The average Bonchev–Trinajstić information content (AvgIpc) is 2.88. The Labute approximate surface area is 214 Å². The van der Waals surface area contributed by atoms with E-state index in [2.05, 4.69) is 127 Å². The van der Waals surface area contributed by atoms with Crippen molar-refractivity contribution in [1.29, 1.82) is 0 Å². The zero-order valence-corrected chi connectivity index (χ0v) is 21.2. The second-order valence-electron chi connectivity index (χ2n) is 7.94. The second kappa shape index (κ2) is 10.1. The maximum Gasteiger partial charge on any atom is 0.0602 e.